The SMILES string of the molecule is CC[C@@H](CO)N1C(=O)[C@H]2[C@@H]3C(=O)O[C@H](c4ccccc4)[C@@H](C)N(C)C(=O)CC/C=C\CN(c4c(C)cccc4C)C(=O)[C@H]1[C@@]21C=C[C@@H]3O1. The molecular formula is C38H45N3O7. The lowest BCUT2D eigenvalue weighted by atomic mass is 9.74. The summed E-state index contributed by atoms with van der Waals surface area (Å²) < 4.78 is 12.9. The molecule has 6 rings (SSSR count). The van der Waals surface area contributed by atoms with E-state index >= 15 is 4.79 Å². The highest BCUT2D eigenvalue weighted by atomic mass is 16.6. The largest absolute Gasteiger partial charge is 0.455 e. The minimum Gasteiger partial charge on any atom is -0.455 e. The number of nitrogens with zero attached hydrogens (tertiary/aromatic N) is 3. The number of para-hydroxylation sites is 1. The molecule has 5 bridgehead atoms. The fourth-order valence-corrected chi connectivity index (χ4v) is 8.04. The number of ether oxygens (including phenoxy) is 2. The first kappa shape index (κ1) is 33.6. The van der Waals surface area contributed by atoms with Gasteiger partial charge in [0.15, 0.2) is 0 Å². The summed E-state index contributed by atoms with van der Waals surface area (Å²) in [5.74, 6) is -3.59. The van der Waals surface area contributed by atoms with E-state index in [0.29, 0.717) is 18.4 Å². The lowest BCUT2D eigenvalue weighted by molar-refractivity contribution is -0.164. The predicted molar refractivity (Wildman–Crippen MR) is 180 cm³/mol. The normalized spacial score (nSPS) is 32.1. The van der Waals surface area contributed by atoms with Crippen LogP contribution in [-0.4, -0.2) is 88.6 Å². The molecule has 48 heavy (non-hydrogen) atoms. The van der Waals surface area contributed by atoms with E-state index in [1.165, 1.54) is 4.90 Å². The van der Waals surface area contributed by atoms with Gasteiger partial charge in [0.2, 0.25) is 11.8 Å². The Morgan fingerprint density at radius 3 is 2.35 bits per heavy atom. The Morgan fingerprint density at radius 2 is 1.69 bits per heavy atom. The molecule has 4 aliphatic heterocycles. The molecule has 8 atom stereocenters. The molecule has 0 aromatic heterocycles. The van der Waals surface area contributed by atoms with Gasteiger partial charge in [-0.05, 0) is 50.3 Å². The minimum atomic E-state index is -1.43. The number of amides is 3. The molecule has 4 heterocycles. The zero-order valence-electron chi connectivity index (χ0n) is 28.2. The zero-order chi connectivity index (χ0) is 34.3. The van der Waals surface area contributed by atoms with Gasteiger partial charge in [-0.25, -0.2) is 0 Å². The number of aryl methyl sites for hydroxylation is 2. The number of hydrogen-bond donors (Lipinski definition) is 1. The Labute approximate surface area is 282 Å². The maximum Gasteiger partial charge on any atom is 0.313 e. The van der Waals surface area contributed by atoms with Gasteiger partial charge in [0.1, 0.15) is 23.7 Å². The van der Waals surface area contributed by atoms with Gasteiger partial charge in [-0.15, -0.1) is 0 Å². The average Bonchev–Trinajstić information content (AvgIpc) is 3.73. The fourth-order valence-electron chi connectivity index (χ4n) is 8.04. The molecule has 10 heteroatoms. The Hall–Kier alpha value is -4.28. The second kappa shape index (κ2) is 13.3. The van der Waals surface area contributed by atoms with Crippen molar-refractivity contribution in [2.75, 3.05) is 25.1 Å². The number of anilines is 1. The Balaban J connectivity index is 1.50. The number of fused-ring (bicyclic) bond motifs is 2. The molecule has 3 amide bonds. The third kappa shape index (κ3) is 5.44. The highest BCUT2D eigenvalue weighted by molar-refractivity contribution is 6.06. The number of cyclic esters (lactones) is 1. The van der Waals surface area contributed by atoms with Crippen molar-refractivity contribution in [3.05, 3.63) is 89.5 Å². The third-order valence-electron chi connectivity index (χ3n) is 10.7. The highest BCUT2D eigenvalue weighted by Gasteiger charge is 2.74. The minimum absolute atomic E-state index is 0.110. The van der Waals surface area contributed by atoms with Crippen LogP contribution in [0.25, 0.3) is 0 Å². The molecule has 1 spiro atoms. The summed E-state index contributed by atoms with van der Waals surface area (Å²) in [5.41, 5.74) is 1.77. The van der Waals surface area contributed by atoms with Gasteiger partial charge in [0.05, 0.1) is 30.7 Å². The number of hydrogen-bond acceptors (Lipinski definition) is 7. The number of rotatable bonds is 5. The number of carbonyl (C=O) groups is 4. The predicted octanol–water partition coefficient (Wildman–Crippen LogP) is 4.04. The standard InChI is InChI=1S/C38H45N3O7/c1-6-27(22-42)41-34-36(45)40(32-23(2)14-13-15-24(32)3)21-12-8-11-18-29(43)39(5)25(4)33(26-16-9-7-10-17-26)47-37(46)30-28-19-20-38(34,48-28)31(30)35(41)44/h7-10,12-17,19-20,25,27-28,30-31,33-34,42H,6,11,18,21-22H2,1-5H3/b12-8-/t25-,27+,28+,30-,31-,33+,34+,38-/m1/s1. The van der Waals surface area contributed by atoms with Crippen LogP contribution in [0.4, 0.5) is 5.69 Å². The van der Waals surface area contributed by atoms with Crippen molar-refractivity contribution < 1.29 is 33.8 Å². The van der Waals surface area contributed by atoms with Gasteiger partial charge in [-0.2, -0.15) is 0 Å². The van der Waals surface area contributed by atoms with Crippen LogP contribution in [0.1, 0.15) is 55.9 Å². The van der Waals surface area contributed by atoms with Gasteiger partial charge in [-0.1, -0.05) is 79.8 Å². The Morgan fingerprint density at radius 1 is 0.979 bits per heavy atom. The molecular weight excluding hydrogens is 610 g/mol. The van der Waals surface area contributed by atoms with E-state index in [2.05, 4.69) is 0 Å². The number of carbonyl (C=O) groups excluding carboxylic acids is 4. The smallest absolute Gasteiger partial charge is 0.313 e. The maximum atomic E-state index is 15.1. The zero-order valence-corrected chi connectivity index (χ0v) is 28.2. The summed E-state index contributed by atoms with van der Waals surface area (Å²) in [5, 5.41) is 10.5. The van der Waals surface area contributed by atoms with E-state index in [1.54, 1.807) is 29.0 Å². The molecule has 1 N–H and O–H groups in total. The number of likely N-dealkylation sites (tertiary alicyclic amines) is 1. The summed E-state index contributed by atoms with van der Waals surface area (Å²) >= 11 is 0. The summed E-state index contributed by atoms with van der Waals surface area (Å²) in [4.78, 5) is 62.2. The van der Waals surface area contributed by atoms with Crippen LogP contribution < -0.4 is 4.90 Å². The molecule has 2 aromatic rings. The third-order valence-corrected chi connectivity index (χ3v) is 10.7. The van der Waals surface area contributed by atoms with Gasteiger partial charge in [-0.3, -0.25) is 19.2 Å². The topological polar surface area (TPSA) is 117 Å². The van der Waals surface area contributed by atoms with E-state index in [4.69, 9.17) is 9.47 Å². The molecule has 0 saturated carbocycles. The molecule has 0 unspecified atom stereocenters. The number of aliphatic hydroxyl groups excluding tert-OH is 1. The van der Waals surface area contributed by atoms with Gasteiger partial charge in [0, 0.05) is 25.7 Å². The molecule has 10 nitrogen and oxygen atoms in total. The van der Waals surface area contributed by atoms with Crippen molar-refractivity contribution in [3.63, 3.8) is 0 Å². The number of allylic oxidation sites excluding steroid dienone is 1. The molecule has 2 fully saturated rings. The first-order valence-electron chi connectivity index (χ1n) is 16.9. The average molecular weight is 656 g/mol. The monoisotopic (exact) mass is 655 g/mol. The van der Waals surface area contributed by atoms with E-state index in [9.17, 15) is 19.5 Å². The van der Waals surface area contributed by atoms with E-state index in [0.717, 1.165) is 16.8 Å². The lowest BCUT2D eigenvalue weighted by Gasteiger charge is -2.39. The lowest BCUT2D eigenvalue weighted by Crippen LogP contribution is -2.58. The number of benzene rings is 2. The number of likely N-dealkylation sites (N-methyl/N-ethyl adjacent to an activating group) is 1. The van der Waals surface area contributed by atoms with Crippen molar-refractivity contribution >= 4 is 29.4 Å². The van der Waals surface area contributed by atoms with Crippen molar-refractivity contribution in [2.45, 2.75) is 82.9 Å². The number of esters is 1. The van der Waals surface area contributed by atoms with Crippen molar-refractivity contribution in [1.82, 2.24) is 9.80 Å². The molecule has 2 saturated heterocycles. The fraction of sp³-hybridized carbons (Fsp3) is 0.474. The van der Waals surface area contributed by atoms with E-state index < -0.39 is 59.6 Å². The first-order chi connectivity index (χ1) is 23.0. The highest BCUT2D eigenvalue weighted by Crippen LogP contribution is 2.56. The van der Waals surface area contributed by atoms with Crippen LogP contribution in [0.2, 0.25) is 0 Å². The van der Waals surface area contributed by atoms with Crippen molar-refractivity contribution in [2.24, 2.45) is 11.8 Å². The molecule has 0 aliphatic carbocycles. The summed E-state index contributed by atoms with van der Waals surface area (Å²) in [6, 6.07) is 12.7. The summed E-state index contributed by atoms with van der Waals surface area (Å²) in [7, 11) is 1.71. The van der Waals surface area contributed by atoms with Crippen molar-refractivity contribution in [1.29, 1.82) is 0 Å². The summed E-state index contributed by atoms with van der Waals surface area (Å²) in [6.07, 6.45) is 6.78. The van der Waals surface area contributed by atoms with Crippen LogP contribution in [0, 0.1) is 25.7 Å². The van der Waals surface area contributed by atoms with Crippen LogP contribution in [-0.2, 0) is 28.7 Å². The van der Waals surface area contributed by atoms with Crippen LogP contribution in [0.3, 0.4) is 0 Å². The Bertz CT molecular complexity index is 1620. The van der Waals surface area contributed by atoms with Gasteiger partial charge < -0.3 is 29.3 Å². The second-order valence-electron chi connectivity index (χ2n) is 13.4. The molecule has 254 valence electrons. The molecule has 2 aromatic carbocycles. The summed E-state index contributed by atoms with van der Waals surface area (Å²) in [6.45, 7) is 7.41. The molecule has 4 aliphatic rings. The van der Waals surface area contributed by atoms with E-state index in [-0.39, 0.29) is 31.4 Å². The van der Waals surface area contributed by atoms with Crippen LogP contribution >= 0.6 is 0 Å². The van der Waals surface area contributed by atoms with Crippen LogP contribution in [0.5, 0.6) is 0 Å². The number of aliphatic hydroxyl groups is 1. The van der Waals surface area contributed by atoms with Crippen molar-refractivity contribution in [3.8, 4) is 0 Å². The Kier molecular flexibility index (Phi) is 9.33. The van der Waals surface area contributed by atoms with Gasteiger partial charge >= 0.3 is 5.97 Å². The molecule has 0 radical (unpaired) electrons. The quantitative estimate of drug-likeness (QED) is 0.382. The maximum absolute atomic E-state index is 15.1. The second-order valence-corrected chi connectivity index (χ2v) is 13.4. The van der Waals surface area contributed by atoms with Gasteiger partial charge in [0.25, 0.3) is 5.91 Å². The van der Waals surface area contributed by atoms with E-state index in [1.807, 2.05) is 88.4 Å². The first-order valence-corrected chi connectivity index (χ1v) is 16.9. The van der Waals surface area contributed by atoms with Crippen LogP contribution in [0.15, 0.2) is 72.8 Å².